The summed E-state index contributed by atoms with van der Waals surface area (Å²) in [6, 6.07) is 23.7. The minimum absolute atomic E-state index is 0.0201. The number of rotatable bonds is 6. The number of nitrogens with zero attached hydrogens (tertiary/aromatic N) is 1. The van der Waals surface area contributed by atoms with Crippen LogP contribution >= 0.6 is 0 Å². The number of benzene rings is 3. The summed E-state index contributed by atoms with van der Waals surface area (Å²) < 4.78 is 0. The van der Waals surface area contributed by atoms with Crippen molar-refractivity contribution >= 4 is 23.4 Å². The highest BCUT2D eigenvalue weighted by atomic mass is 16.2. The molecular weight excluding hydrogens is 402 g/mol. The zero-order valence-corrected chi connectivity index (χ0v) is 18.0. The van der Waals surface area contributed by atoms with Crippen LogP contribution in [0.3, 0.4) is 0 Å². The molecule has 6 nitrogen and oxygen atoms in total. The van der Waals surface area contributed by atoms with Crippen LogP contribution in [0.4, 0.5) is 5.69 Å². The molecule has 1 atom stereocenters. The molecular formula is C26H25N3O3. The Kier molecular flexibility index (Phi) is 6.14. The van der Waals surface area contributed by atoms with E-state index in [-0.39, 0.29) is 24.1 Å². The largest absolute Gasteiger partial charge is 0.290 e. The lowest BCUT2D eigenvalue weighted by Gasteiger charge is -2.20. The Morgan fingerprint density at radius 1 is 0.906 bits per heavy atom. The summed E-state index contributed by atoms with van der Waals surface area (Å²) in [5.74, 6) is -1.52. The average molecular weight is 428 g/mol. The number of nitrogens with one attached hydrogen (secondary N) is 2. The number of anilines is 1. The topological polar surface area (TPSA) is 78.5 Å². The molecule has 4 rings (SSSR count). The van der Waals surface area contributed by atoms with Crippen LogP contribution in [-0.4, -0.2) is 23.8 Å². The molecule has 1 saturated heterocycles. The van der Waals surface area contributed by atoms with Gasteiger partial charge in [-0.3, -0.25) is 19.8 Å². The molecule has 0 saturated carbocycles. The second-order valence-electron chi connectivity index (χ2n) is 8.00. The maximum absolute atomic E-state index is 13.1. The highest BCUT2D eigenvalue weighted by molar-refractivity contribution is 6.22. The van der Waals surface area contributed by atoms with Crippen LogP contribution in [0.2, 0.25) is 0 Å². The Morgan fingerprint density at radius 2 is 1.50 bits per heavy atom. The lowest BCUT2D eigenvalue weighted by Crippen LogP contribution is -2.49. The van der Waals surface area contributed by atoms with Crippen molar-refractivity contribution in [3.63, 3.8) is 0 Å². The molecule has 1 aliphatic rings. The van der Waals surface area contributed by atoms with Gasteiger partial charge >= 0.3 is 0 Å². The third kappa shape index (κ3) is 4.31. The molecule has 2 N–H and O–H groups in total. The SMILES string of the molecule is Cc1ccc(N2C(=O)C[C@H](NNC(=O)C(c3ccccc3)c3ccccc3)C2=O)c(C)c1. The molecule has 0 radical (unpaired) electrons. The molecule has 3 aromatic carbocycles. The third-order valence-corrected chi connectivity index (χ3v) is 5.64. The highest BCUT2D eigenvalue weighted by Gasteiger charge is 2.40. The molecule has 0 bridgehead atoms. The fourth-order valence-corrected chi connectivity index (χ4v) is 4.07. The van der Waals surface area contributed by atoms with Crippen LogP contribution in [0.1, 0.15) is 34.6 Å². The average Bonchev–Trinajstić information content (AvgIpc) is 3.07. The number of carbonyl (C=O) groups excluding carboxylic acids is 3. The first-order valence-electron chi connectivity index (χ1n) is 10.5. The van der Waals surface area contributed by atoms with Crippen LogP contribution < -0.4 is 15.8 Å². The van der Waals surface area contributed by atoms with Crippen molar-refractivity contribution in [2.24, 2.45) is 0 Å². The molecule has 0 spiro atoms. The summed E-state index contributed by atoms with van der Waals surface area (Å²) >= 11 is 0. The van der Waals surface area contributed by atoms with Crippen LogP contribution in [0.5, 0.6) is 0 Å². The lowest BCUT2D eigenvalue weighted by atomic mass is 9.91. The summed E-state index contributed by atoms with van der Waals surface area (Å²) in [5.41, 5.74) is 9.64. The zero-order valence-electron chi connectivity index (χ0n) is 18.0. The molecule has 3 aromatic rings. The van der Waals surface area contributed by atoms with Crippen molar-refractivity contribution in [3.05, 3.63) is 101 Å². The van der Waals surface area contributed by atoms with E-state index in [1.807, 2.05) is 86.6 Å². The Bertz CT molecular complexity index is 1110. The van der Waals surface area contributed by atoms with Crippen molar-refractivity contribution in [3.8, 4) is 0 Å². The van der Waals surface area contributed by atoms with Crippen LogP contribution in [0, 0.1) is 13.8 Å². The molecule has 1 fully saturated rings. The Balaban J connectivity index is 1.50. The zero-order chi connectivity index (χ0) is 22.7. The van der Waals surface area contributed by atoms with Crippen LogP contribution in [0.15, 0.2) is 78.9 Å². The molecule has 162 valence electrons. The number of carbonyl (C=O) groups is 3. The number of hydrogen-bond donors (Lipinski definition) is 2. The number of aryl methyl sites for hydroxylation is 2. The number of amides is 3. The molecule has 0 aliphatic carbocycles. The van der Waals surface area contributed by atoms with Crippen molar-refractivity contribution in [2.45, 2.75) is 32.2 Å². The van der Waals surface area contributed by atoms with Crippen LogP contribution in [-0.2, 0) is 14.4 Å². The van der Waals surface area contributed by atoms with E-state index in [2.05, 4.69) is 10.9 Å². The summed E-state index contributed by atoms with van der Waals surface area (Å²) in [4.78, 5) is 39.9. The summed E-state index contributed by atoms with van der Waals surface area (Å²) in [5, 5.41) is 0. The summed E-state index contributed by atoms with van der Waals surface area (Å²) in [7, 11) is 0. The standard InChI is InChI=1S/C26H25N3O3/c1-17-13-14-22(18(2)15-17)29-23(30)16-21(26(29)32)27-28-25(31)24(19-9-5-3-6-10-19)20-11-7-4-8-12-20/h3-15,21,24,27H,16H2,1-2H3,(H,28,31)/t21-/m0/s1. The highest BCUT2D eigenvalue weighted by Crippen LogP contribution is 2.27. The first-order chi connectivity index (χ1) is 15.5. The van der Waals surface area contributed by atoms with Crippen LogP contribution in [0.25, 0.3) is 0 Å². The van der Waals surface area contributed by atoms with Gasteiger partial charge in [0.2, 0.25) is 11.8 Å². The van der Waals surface area contributed by atoms with Gasteiger partial charge in [-0.1, -0.05) is 78.4 Å². The molecule has 0 unspecified atom stereocenters. The fourth-order valence-electron chi connectivity index (χ4n) is 4.07. The minimum atomic E-state index is -0.820. The normalized spacial score (nSPS) is 16.0. The quantitative estimate of drug-likeness (QED) is 0.467. The molecule has 0 aromatic heterocycles. The van der Waals surface area contributed by atoms with E-state index in [4.69, 9.17) is 0 Å². The van der Waals surface area contributed by atoms with Gasteiger partial charge in [0.1, 0.15) is 6.04 Å². The Labute approximate surface area is 187 Å². The maximum Gasteiger partial charge on any atom is 0.253 e. The van der Waals surface area contributed by atoms with Crippen molar-refractivity contribution < 1.29 is 14.4 Å². The Hall–Kier alpha value is -3.77. The van der Waals surface area contributed by atoms with Gasteiger partial charge in [-0.2, -0.15) is 0 Å². The van der Waals surface area contributed by atoms with Gasteiger partial charge in [0, 0.05) is 0 Å². The predicted octanol–water partition coefficient (Wildman–Crippen LogP) is 3.39. The summed E-state index contributed by atoms with van der Waals surface area (Å²) in [6.45, 7) is 3.83. The van der Waals surface area contributed by atoms with Crippen molar-refractivity contribution in [1.82, 2.24) is 10.9 Å². The van der Waals surface area contributed by atoms with Gasteiger partial charge in [0.05, 0.1) is 18.0 Å². The fraction of sp³-hybridized carbons (Fsp3) is 0.192. The predicted molar refractivity (Wildman–Crippen MR) is 123 cm³/mol. The molecule has 32 heavy (non-hydrogen) atoms. The van der Waals surface area contributed by atoms with Gasteiger partial charge < -0.3 is 0 Å². The van der Waals surface area contributed by atoms with E-state index >= 15 is 0 Å². The van der Waals surface area contributed by atoms with E-state index < -0.39 is 12.0 Å². The Morgan fingerprint density at radius 3 is 2.06 bits per heavy atom. The van der Waals surface area contributed by atoms with E-state index in [0.29, 0.717) is 5.69 Å². The smallest absolute Gasteiger partial charge is 0.253 e. The van der Waals surface area contributed by atoms with Gasteiger partial charge in [0.15, 0.2) is 0 Å². The van der Waals surface area contributed by atoms with E-state index in [0.717, 1.165) is 22.3 Å². The number of hydrogen-bond acceptors (Lipinski definition) is 4. The molecule has 1 heterocycles. The summed E-state index contributed by atoms with van der Waals surface area (Å²) in [6.07, 6.45) is -0.0201. The van der Waals surface area contributed by atoms with Gasteiger partial charge in [-0.25, -0.2) is 10.3 Å². The third-order valence-electron chi connectivity index (χ3n) is 5.64. The van der Waals surface area contributed by atoms with Crippen molar-refractivity contribution in [1.29, 1.82) is 0 Å². The first kappa shape index (κ1) is 21.5. The van der Waals surface area contributed by atoms with Gasteiger partial charge in [0.25, 0.3) is 5.91 Å². The first-order valence-corrected chi connectivity index (χ1v) is 10.5. The second-order valence-corrected chi connectivity index (χ2v) is 8.00. The van der Waals surface area contributed by atoms with E-state index in [9.17, 15) is 14.4 Å². The minimum Gasteiger partial charge on any atom is -0.290 e. The number of imide groups is 1. The molecule has 6 heteroatoms. The molecule has 1 aliphatic heterocycles. The monoisotopic (exact) mass is 427 g/mol. The van der Waals surface area contributed by atoms with E-state index in [1.165, 1.54) is 4.90 Å². The van der Waals surface area contributed by atoms with Gasteiger partial charge in [-0.15, -0.1) is 0 Å². The molecule has 3 amide bonds. The lowest BCUT2D eigenvalue weighted by molar-refractivity contribution is -0.123. The van der Waals surface area contributed by atoms with Crippen molar-refractivity contribution in [2.75, 3.05) is 4.90 Å². The number of hydrazine groups is 1. The van der Waals surface area contributed by atoms with E-state index in [1.54, 1.807) is 6.07 Å². The van der Waals surface area contributed by atoms with Gasteiger partial charge in [-0.05, 0) is 36.6 Å². The maximum atomic E-state index is 13.1. The second kappa shape index (κ2) is 9.16.